The van der Waals surface area contributed by atoms with Crippen molar-refractivity contribution in [3.8, 4) is 11.3 Å². The van der Waals surface area contributed by atoms with E-state index in [-0.39, 0.29) is 24.8 Å². The van der Waals surface area contributed by atoms with Crippen molar-refractivity contribution in [2.75, 3.05) is 11.9 Å². The molecule has 0 saturated carbocycles. The van der Waals surface area contributed by atoms with E-state index in [9.17, 15) is 9.59 Å². The zero-order chi connectivity index (χ0) is 20.9. The van der Waals surface area contributed by atoms with Gasteiger partial charge in [-0.1, -0.05) is 54.6 Å². The van der Waals surface area contributed by atoms with Gasteiger partial charge in [-0.05, 0) is 30.7 Å². The number of hydrogen-bond donors (Lipinski definition) is 2. The van der Waals surface area contributed by atoms with Gasteiger partial charge in [0.05, 0.1) is 0 Å². The highest BCUT2D eigenvalue weighted by atomic mass is 16.2. The molecule has 0 fully saturated rings. The Hall–Kier alpha value is -3.93. The number of nitrogens with one attached hydrogen (secondary N) is 2. The zero-order valence-electron chi connectivity index (χ0n) is 16.6. The number of imidazole rings is 1. The van der Waals surface area contributed by atoms with Gasteiger partial charge in [-0.3, -0.25) is 14.0 Å². The average molecular weight is 398 g/mol. The van der Waals surface area contributed by atoms with E-state index < -0.39 is 0 Å². The Kier molecular flexibility index (Phi) is 5.57. The van der Waals surface area contributed by atoms with Crippen molar-refractivity contribution in [1.29, 1.82) is 0 Å². The molecule has 2 heterocycles. The Balaban J connectivity index is 1.51. The number of benzene rings is 2. The minimum Gasteiger partial charge on any atom is -0.352 e. The van der Waals surface area contributed by atoms with E-state index >= 15 is 0 Å². The summed E-state index contributed by atoms with van der Waals surface area (Å²) in [6.07, 6.45) is 2.04. The predicted molar refractivity (Wildman–Crippen MR) is 117 cm³/mol. The van der Waals surface area contributed by atoms with E-state index in [0.29, 0.717) is 17.1 Å². The van der Waals surface area contributed by atoms with Crippen LogP contribution < -0.4 is 10.6 Å². The van der Waals surface area contributed by atoms with Crippen LogP contribution in [0.1, 0.15) is 22.3 Å². The summed E-state index contributed by atoms with van der Waals surface area (Å²) in [6.45, 7) is 2.23. The normalized spacial score (nSPS) is 10.7. The third-order valence-corrected chi connectivity index (χ3v) is 4.82. The summed E-state index contributed by atoms with van der Waals surface area (Å²) in [5, 5.41) is 5.76. The standard InChI is InChI=1S/C24H22N4O2/c1-17-9-8-16-28-22(17)27-21(18-10-4-2-5-11-18)23(28)26-20(29)14-15-25-24(30)19-12-6-3-7-13-19/h2-13,16H,14-15H2,1H3,(H,25,30)(H,26,29). The highest BCUT2D eigenvalue weighted by Crippen LogP contribution is 2.29. The number of fused-ring (bicyclic) bond motifs is 1. The maximum Gasteiger partial charge on any atom is 0.251 e. The molecular formula is C24H22N4O2. The molecule has 2 N–H and O–H groups in total. The molecule has 2 aromatic heterocycles. The van der Waals surface area contributed by atoms with Crippen molar-refractivity contribution in [2.24, 2.45) is 0 Å². The maximum absolute atomic E-state index is 12.6. The molecule has 0 aliphatic carbocycles. The summed E-state index contributed by atoms with van der Waals surface area (Å²) < 4.78 is 1.89. The molecule has 0 saturated heterocycles. The molecule has 150 valence electrons. The molecular weight excluding hydrogens is 376 g/mol. The summed E-state index contributed by atoms with van der Waals surface area (Å²) in [5.41, 5.74) is 4.02. The number of carbonyl (C=O) groups is 2. The smallest absolute Gasteiger partial charge is 0.251 e. The molecule has 6 nitrogen and oxygen atoms in total. The molecule has 30 heavy (non-hydrogen) atoms. The number of aryl methyl sites for hydroxylation is 1. The van der Waals surface area contributed by atoms with Crippen molar-refractivity contribution in [3.05, 3.63) is 90.1 Å². The quantitative estimate of drug-likeness (QED) is 0.514. The fourth-order valence-electron chi connectivity index (χ4n) is 3.30. The third-order valence-electron chi connectivity index (χ3n) is 4.82. The lowest BCUT2D eigenvalue weighted by Gasteiger charge is -2.09. The second-order valence-electron chi connectivity index (χ2n) is 6.98. The fourth-order valence-corrected chi connectivity index (χ4v) is 3.30. The second-order valence-corrected chi connectivity index (χ2v) is 6.98. The van der Waals surface area contributed by atoms with Crippen LogP contribution in [0.3, 0.4) is 0 Å². The van der Waals surface area contributed by atoms with Crippen LogP contribution in [0.25, 0.3) is 16.9 Å². The van der Waals surface area contributed by atoms with E-state index in [1.165, 1.54) is 0 Å². The monoisotopic (exact) mass is 398 g/mol. The molecule has 6 heteroatoms. The van der Waals surface area contributed by atoms with Crippen LogP contribution in [0.2, 0.25) is 0 Å². The van der Waals surface area contributed by atoms with Gasteiger partial charge in [0.2, 0.25) is 5.91 Å². The van der Waals surface area contributed by atoms with Crippen LogP contribution in [-0.4, -0.2) is 27.7 Å². The van der Waals surface area contributed by atoms with Crippen LogP contribution in [0.4, 0.5) is 5.82 Å². The number of hydrogen-bond acceptors (Lipinski definition) is 3. The van der Waals surface area contributed by atoms with Crippen molar-refractivity contribution in [3.63, 3.8) is 0 Å². The Bertz CT molecular complexity index is 1180. The molecule has 0 aliphatic rings. The van der Waals surface area contributed by atoms with Gasteiger partial charge in [0.15, 0.2) is 0 Å². The molecule has 4 aromatic rings. The van der Waals surface area contributed by atoms with Crippen molar-refractivity contribution in [2.45, 2.75) is 13.3 Å². The maximum atomic E-state index is 12.6. The van der Waals surface area contributed by atoms with Gasteiger partial charge in [-0.15, -0.1) is 0 Å². The minimum atomic E-state index is -0.196. The number of anilines is 1. The summed E-state index contributed by atoms with van der Waals surface area (Å²) in [5.74, 6) is 0.238. The van der Waals surface area contributed by atoms with E-state index in [1.54, 1.807) is 24.3 Å². The molecule has 2 amide bonds. The summed E-state index contributed by atoms with van der Waals surface area (Å²) in [4.78, 5) is 29.5. The molecule has 2 aromatic carbocycles. The molecule has 0 atom stereocenters. The zero-order valence-corrected chi connectivity index (χ0v) is 16.6. The van der Waals surface area contributed by atoms with Crippen molar-refractivity contribution < 1.29 is 9.59 Å². The SMILES string of the molecule is Cc1cccn2c(NC(=O)CCNC(=O)c3ccccc3)c(-c3ccccc3)nc12. The molecule has 4 rings (SSSR count). The third kappa shape index (κ3) is 4.07. The lowest BCUT2D eigenvalue weighted by Crippen LogP contribution is -2.27. The second kappa shape index (κ2) is 8.61. The van der Waals surface area contributed by atoms with Crippen molar-refractivity contribution >= 4 is 23.3 Å². The first-order valence-corrected chi connectivity index (χ1v) is 9.79. The predicted octanol–water partition coefficient (Wildman–Crippen LogP) is 4.07. The number of amides is 2. The molecule has 0 aliphatic heterocycles. The Labute approximate surface area is 174 Å². The number of carbonyl (C=O) groups excluding carboxylic acids is 2. The lowest BCUT2D eigenvalue weighted by atomic mass is 10.1. The van der Waals surface area contributed by atoms with Gasteiger partial charge in [-0.25, -0.2) is 4.98 Å². The summed E-state index contributed by atoms with van der Waals surface area (Å²) in [7, 11) is 0. The minimum absolute atomic E-state index is 0.159. The summed E-state index contributed by atoms with van der Waals surface area (Å²) in [6, 6.07) is 22.6. The van der Waals surface area contributed by atoms with Crippen LogP contribution in [0, 0.1) is 6.92 Å². The summed E-state index contributed by atoms with van der Waals surface area (Å²) >= 11 is 0. The highest BCUT2D eigenvalue weighted by molar-refractivity contribution is 5.96. The van der Waals surface area contributed by atoms with Crippen molar-refractivity contribution in [1.82, 2.24) is 14.7 Å². The topological polar surface area (TPSA) is 75.5 Å². The van der Waals surface area contributed by atoms with E-state index in [2.05, 4.69) is 10.6 Å². The van der Waals surface area contributed by atoms with Gasteiger partial charge in [0.1, 0.15) is 17.2 Å². The first-order chi connectivity index (χ1) is 14.6. The van der Waals surface area contributed by atoms with E-state index in [1.807, 2.05) is 66.1 Å². The molecule has 0 unspecified atom stereocenters. The number of nitrogens with zero attached hydrogens (tertiary/aromatic N) is 2. The Morgan fingerprint density at radius 3 is 2.37 bits per heavy atom. The first kappa shape index (κ1) is 19.4. The van der Waals surface area contributed by atoms with E-state index in [4.69, 9.17) is 4.98 Å². The molecule has 0 bridgehead atoms. The Morgan fingerprint density at radius 1 is 0.933 bits per heavy atom. The molecule has 0 spiro atoms. The van der Waals surface area contributed by atoms with Crippen LogP contribution in [0.5, 0.6) is 0 Å². The largest absolute Gasteiger partial charge is 0.352 e. The van der Waals surface area contributed by atoms with Crippen LogP contribution in [0.15, 0.2) is 79.0 Å². The van der Waals surface area contributed by atoms with Crippen LogP contribution in [-0.2, 0) is 4.79 Å². The number of aromatic nitrogens is 2. The average Bonchev–Trinajstić information content (AvgIpc) is 3.14. The fraction of sp³-hybridized carbons (Fsp3) is 0.125. The van der Waals surface area contributed by atoms with Crippen LogP contribution >= 0.6 is 0 Å². The highest BCUT2D eigenvalue weighted by Gasteiger charge is 2.17. The Morgan fingerprint density at radius 2 is 1.63 bits per heavy atom. The van der Waals surface area contributed by atoms with E-state index in [0.717, 1.165) is 16.8 Å². The lowest BCUT2D eigenvalue weighted by molar-refractivity contribution is -0.116. The first-order valence-electron chi connectivity index (χ1n) is 9.79. The number of rotatable bonds is 6. The van der Waals surface area contributed by atoms with Gasteiger partial charge in [0.25, 0.3) is 5.91 Å². The van der Waals surface area contributed by atoms with Gasteiger partial charge in [0, 0.05) is 30.3 Å². The molecule has 0 radical (unpaired) electrons. The van der Waals surface area contributed by atoms with Gasteiger partial charge >= 0.3 is 0 Å². The van der Waals surface area contributed by atoms with Gasteiger partial charge in [-0.2, -0.15) is 0 Å². The van der Waals surface area contributed by atoms with Gasteiger partial charge < -0.3 is 10.6 Å². The number of pyridine rings is 1.